The van der Waals surface area contributed by atoms with Crippen molar-refractivity contribution in [2.45, 2.75) is 18.9 Å². The molecule has 3 heterocycles. The molecule has 0 spiro atoms. The van der Waals surface area contributed by atoms with E-state index in [1.807, 2.05) is 53.4 Å². The van der Waals surface area contributed by atoms with Gasteiger partial charge in [-0.15, -0.1) is 0 Å². The molecule has 0 bridgehead atoms. The van der Waals surface area contributed by atoms with Gasteiger partial charge in [0, 0.05) is 31.3 Å². The van der Waals surface area contributed by atoms with Gasteiger partial charge in [0.1, 0.15) is 11.9 Å². The number of ether oxygens (including phenoxy) is 1. The number of primary amides is 1. The Balaban J connectivity index is 1.35. The van der Waals surface area contributed by atoms with Crippen LogP contribution in [0, 0.1) is 0 Å². The van der Waals surface area contributed by atoms with Crippen LogP contribution in [0.25, 0.3) is 0 Å². The number of benzene rings is 2. The van der Waals surface area contributed by atoms with E-state index in [1.165, 1.54) is 0 Å². The first-order valence-corrected chi connectivity index (χ1v) is 12.5. The monoisotopic (exact) mass is 528 g/mol. The van der Waals surface area contributed by atoms with Gasteiger partial charge in [0.05, 0.1) is 25.8 Å². The smallest absolute Gasteiger partial charge is 0.289 e. The molecule has 5 N–H and O–H groups in total. The molecule has 0 aliphatic carbocycles. The molecule has 2 aromatic carbocycles. The average Bonchev–Trinajstić information content (AvgIpc) is 3.33. The second-order valence-corrected chi connectivity index (χ2v) is 9.16. The Hall–Kier alpha value is -4.84. The Morgan fingerprint density at radius 3 is 2.69 bits per heavy atom. The van der Waals surface area contributed by atoms with E-state index in [2.05, 4.69) is 31.1 Å². The molecule has 1 unspecified atom stereocenters. The molecular weight excluding hydrogens is 500 g/mol. The standard InChI is InChI=1S/C27H28N8O4/c28-25(37)21(13-17-4-2-1-3-5-17)31-27(38)26-32-22(15-23(33-26)35-8-10-39-11-9-35)34-29-16-18-6-7-20-19(12-18)14-24(36)30-20/h1-7,12,15-16,21H,8-11,13-14H2,(H2,28,37)(H,30,36)(H,31,38)(H,32,33,34). The zero-order valence-electron chi connectivity index (χ0n) is 21.1. The summed E-state index contributed by atoms with van der Waals surface area (Å²) < 4.78 is 5.44. The molecule has 0 radical (unpaired) electrons. The van der Waals surface area contributed by atoms with E-state index in [0.29, 0.717) is 44.4 Å². The zero-order chi connectivity index (χ0) is 27.2. The summed E-state index contributed by atoms with van der Waals surface area (Å²) in [4.78, 5) is 47.7. The fraction of sp³-hybridized carbons (Fsp3) is 0.259. The number of carbonyl (C=O) groups excluding carboxylic acids is 3. The molecule has 3 aromatic rings. The molecule has 39 heavy (non-hydrogen) atoms. The number of hydrogen-bond acceptors (Lipinski definition) is 9. The predicted octanol–water partition coefficient (Wildman–Crippen LogP) is 1.08. The summed E-state index contributed by atoms with van der Waals surface area (Å²) in [5.41, 5.74) is 11.8. The van der Waals surface area contributed by atoms with Gasteiger partial charge in [0.25, 0.3) is 5.91 Å². The molecule has 12 heteroatoms. The number of rotatable bonds is 9. The molecule has 12 nitrogen and oxygen atoms in total. The van der Waals surface area contributed by atoms with Crippen LogP contribution in [-0.4, -0.2) is 66.2 Å². The van der Waals surface area contributed by atoms with Crippen LogP contribution in [-0.2, 0) is 27.2 Å². The maximum absolute atomic E-state index is 13.2. The molecule has 1 saturated heterocycles. The molecule has 2 aliphatic rings. The first kappa shape index (κ1) is 25.8. The van der Waals surface area contributed by atoms with Crippen LogP contribution >= 0.6 is 0 Å². The minimum atomic E-state index is -0.939. The van der Waals surface area contributed by atoms with Gasteiger partial charge in [-0.1, -0.05) is 36.4 Å². The number of morpholine rings is 1. The second kappa shape index (κ2) is 11.7. The Kier molecular flexibility index (Phi) is 7.73. The van der Waals surface area contributed by atoms with Gasteiger partial charge in [0.2, 0.25) is 17.6 Å². The molecule has 1 atom stereocenters. The van der Waals surface area contributed by atoms with Crippen molar-refractivity contribution < 1.29 is 19.1 Å². The lowest BCUT2D eigenvalue weighted by atomic mass is 10.1. The van der Waals surface area contributed by atoms with Crippen molar-refractivity contribution in [3.8, 4) is 0 Å². The van der Waals surface area contributed by atoms with Crippen LogP contribution in [0.4, 0.5) is 17.3 Å². The van der Waals surface area contributed by atoms with Crippen molar-refractivity contribution in [2.75, 3.05) is 41.9 Å². The lowest BCUT2D eigenvalue weighted by molar-refractivity contribution is -0.119. The highest BCUT2D eigenvalue weighted by Gasteiger charge is 2.23. The summed E-state index contributed by atoms with van der Waals surface area (Å²) in [5.74, 6) is -0.639. The average molecular weight is 529 g/mol. The van der Waals surface area contributed by atoms with E-state index in [-0.39, 0.29) is 18.2 Å². The molecule has 5 rings (SSSR count). The lowest BCUT2D eigenvalue weighted by Crippen LogP contribution is -2.46. The zero-order valence-corrected chi connectivity index (χ0v) is 21.1. The normalized spacial score (nSPS) is 15.5. The maximum Gasteiger partial charge on any atom is 0.289 e. The highest BCUT2D eigenvalue weighted by molar-refractivity contribution is 6.00. The number of anilines is 3. The summed E-state index contributed by atoms with van der Waals surface area (Å²) in [7, 11) is 0. The third-order valence-electron chi connectivity index (χ3n) is 6.33. The van der Waals surface area contributed by atoms with Crippen molar-refractivity contribution in [3.63, 3.8) is 0 Å². The molecule has 200 valence electrons. The number of hydrazone groups is 1. The Labute approximate surface area is 224 Å². The Bertz CT molecular complexity index is 1410. The summed E-state index contributed by atoms with van der Waals surface area (Å²) in [6.07, 6.45) is 2.17. The van der Waals surface area contributed by atoms with Crippen molar-refractivity contribution >= 4 is 41.3 Å². The first-order valence-electron chi connectivity index (χ1n) is 12.5. The van der Waals surface area contributed by atoms with Gasteiger partial charge >= 0.3 is 0 Å². The molecule has 0 saturated carbocycles. The van der Waals surface area contributed by atoms with Gasteiger partial charge in [-0.3, -0.25) is 19.8 Å². The molecule has 1 aromatic heterocycles. The van der Waals surface area contributed by atoms with Crippen LogP contribution < -0.4 is 26.7 Å². The van der Waals surface area contributed by atoms with Crippen molar-refractivity contribution in [2.24, 2.45) is 10.8 Å². The van der Waals surface area contributed by atoms with Crippen LogP contribution in [0.3, 0.4) is 0 Å². The SMILES string of the molecule is NC(=O)C(Cc1ccccc1)NC(=O)c1nc(NN=Cc2ccc3c(c2)CC(=O)N3)cc(N2CCOCC2)n1. The number of hydrogen-bond donors (Lipinski definition) is 4. The van der Waals surface area contributed by atoms with Gasteiger partial charge < -0.3 is 26.0 Å². The van der Waals surface area contributed by atoms with Crippen LogP contribution in [0.15, 0.2) is 59.7 Å². The van der Waals surface area contributed by atoms with Crippen LogP contribution in [0.1, 0.15) is 27.3 Å². The minimum absolute atomic E-state index is 0.0398. The van der Waals surface area contributed by atoms with Gasteiger partial charge in [-0.2, -0.15) is 5.10 Å². The second-order valence-electron chi connectivity index (χ2n) is 9.16. The number of carbonyl (C=O) groups is 3. The quantitative estimate of drug-likeness (QED) is 0.237. The maximum atomic E-state index is 13.2. The Morgan fingerprint density at radius 2 is 1.92 bits per heavy atom. The van der Waals surface area contributed by atoms with E-state index in [9.17, 15) is 14.4 Å². The Morgan fingerprint density at radius 1 is 1.13 bits per heavy atom. The number of fused-ring (bicyclic) bond motifs is 1. The molecule has 1 fully saturated rings. The van der Waals surface area contributed by atoms with Crippen molar-refractivity contribution in [1.82, 2.24) is 15.3 Å². The number of aromatic nitrogens is 2. The van der Waals surface area contributed by atoms with E-state index in [1.54, 1.807) is 12.3 Å². The summed E-state index contributed by atoms with van der Waals surface area (Å²) in [6.45, 7) is 2.26. The van der Waals surface area contributed by atoms with E-state index in [4.69, 9.17) is 10.5 Å². The van der Waals surface area contributed by atoms with Gasteiger partial charge in [-0.05, 0) is 28.8 Å². The molecular formula is C27H28N8O4. The number of nitrogens with zero attached hydrogens (tertiary/aromatic N) is 4. The third-order valence-corrected chi connectivity index (χ3v) is 6.33. The van der Waals surface area contributed by atoms with E-state index < -0.39 is 17.9 Å². The topological polar surface area (TPSA) is 164 Å². The van der Waals surface area contributed by atoms with Crippen LogP contribution in [0.5, 0.6) is 0 Å². The third kappa shape index (κ3) is 6.54. The van der Waals surface area contributed by atoms with E-state index in [0.717, 1.165) is 22.4 Å². The highest BCUT2D eigenvalue weighted by atomic mass is 16.5. The first-order chi connectivity index (χ1) is 18.9. The molecule has 2 aliphatic heterocycles. The number of amides is 3. The lowest BCUT2D eigenvalue weighted by Gasteiger charge is -2.28. The van der Waals surface area contributed by atoms with Crippen molar-refractivity contribution in [3.05, 3.63) is 77.1 Å². The summed E-state index contributed by atoms with van der Waals surface area (Å²) in [5, 5.41) is 9.73. The minimum Gasteiger partial charge on any atom is -0.378 e. The summed E-state index contributed by atoms with van der Waals surface area (Å²) >= 11 is 0. The predicted molar refractivity (Wildman–Crippen MR) is 146 cm³/mol. The number of nitrogens with two attached hydrogens (primary N) is 1. The van der Waals surface area contributed by atoms with Gasteiger partial charge in [0.15, 0.2) is 5.82 Å². The largest absolute Gasteiger partial charge is 0.378 e. The number of nitrogens with one attached hydrogen (secondary N) is 3. The fourth-order valence-corrected chi connectivity index (χ4v) is 4.35. The fourth-order valence-electron chi connectivity index (χ4n) is 4.35. The van der Waals surface area contributed by atoms with Crippen molar-refractivity contribution in [1.29, 1.82) is 0 Å². The van der Waals surface area contributed by atoms with Crippen LogP contribution in [0.2, 0.25) is 0 Å². The highest BCUT2D eigenvalue weighted by Crippen LogP contribution is 2.23. The summed E-state index contributed by atoms with van der Waals surface area (Å²) in [6, 6.07) is 15.6. The molecule has 3 amide bonds. The van der Waals surface area contributed by atoms with Gasteiger partial charge in [-0.25, -0.2) is 9.97 Å². The van der Waals surface area contributed by atoms with E-state index >= 15 is 0 Å².